The molecule has 1 fully saturated rings. The van der Waals surface area contributed by atoms with Gasteiger partial charge in [0.15, 0.2) is 0 Å². The summed E-state index contributed by atoms with van der Waals surface area (Å²) in [5.41, 5.74) is 2.42. The molecule has 0 aliphatic carbocycles. The normalized spacial score (nSPS) is 19.6. The number of rotatable bonds is 4. The van der Waals surface area contributed by atoms with E-state index in [0.29, 0.717) is 5.92 Å². The lowest BCUT2D eigenvalue weighted by molar-refractivity contribution is 0.198. The molecule has 3 rings (SSSR count). The highest BCUT2D eigenvalue weighted by Crippen LogP contribution is 2.26. The van der Waals surface area contributed by atoms with Gasteiger partial charge in [0.05, 0.1) is 0 Å². The number of H-pyrrole nitrogens is 1. The molecule has 2 aromatic rings. The molecule has 0 spiro atoms. The maximum Gasteiger partial charge on any atom is 0.224 e. The van der Waals surface area contributed by atoms with Gasteiger partial charge in [0, 0.05) is 63.0 Å². The van der Waals surface area contributed by atoms with Crippen LogP contribution in [0.15, 0.2) is 24.7 Å². The molecule has 0 amide bonds. The van der Waals surface area contributed by atoms with Crippen molar-refractivity contribution in [3.63, 3.8) is 0 Å². The number of nitrogens with zero attached hydrogens (tertiary/aromatic N) is 5. The molecule has 0 bridgehead atoms. The highest BCUT2D eigenvalue weighted by atomic mass is 15.2. The molecule has 0 unspecified atom stereocenters. The van der Waals surface area contributed by atoms with Crippen molar-refractivity contribution in [2.45, 2.75) is 25.3 Å². The van der Waals surface area contributed by atoms with Crippen LogP contribution < -0.4 is 4.90 Å². The summed E-state index contributed by atoms with van der Waals surface area (Å²) in [6, 6.07) is 2.09. The van der Waals surface area contributed by atoms with Crippen molar-refractivity contribution < 1.29 is 0 Å². The van der Waals surface area contributed by atoms with Crippen molar-refractivity contribution in [1.82, 2.24) is 25.1 Å². The van der Waals surface area contributed by atoms with E-state index in [2.05, 4.69) is 31.1 Å². The van der Waals surface area contributed by atoms with E-state index < -0.39 is 0 Å². The van der Waals surface area contributed by atoms with Gasteiger partial charge in [-0.25, -0.2) is 9.97 Å². The zero-order valence-corrected chi connectivity index (χ0v) is 12.7. The van der Waals surface area contributed by atoms with Gasteiger partial charge in [0.1, 0.15) is 0 Å². The van der Waals surface area contributed by atoms with Crippen molar-refractivity contribution in [3.8, 4) is 0 Å². The van der Waals surface area contributed by atoms with Gasteiger partial charge < -0.3 is 4.90 Å². The zero-order chi connectivity index (χ0) is 14.7. The van der Waals surface area contributed by atoms with Crippen LogP contribution in [-0.4, -0.2) is 52.3 Å². The summed E-state index contributed by atoms with van der Waals surface area (Å²) >= 11 is 0. The molecule has 1 atom stereocenters. The first kappa shape index (κ1) is 14.0. The van der Waals surface area contributed by atoms with Gasteiger partial charge in [-0.2, -0.15) is 5.10 Å². The van der Waals surface area contributed by atoms with Crippen LogP contribution >= 0.6 is 0 Å². The SMILES string of the molecule is CN(C)c1ncc(CN2CCC[C@H](c3ccn[nH]3)C2)cn1. The molecule has 21 heavy (non-hydrogen) atoms. The molecule has 0 saturated carbocycles. The largest absolute Gasteiger partial charge is 0.347 e. The van der Waals surface area contributed by atoms with E-state index in [1.165, 1.54) is 24.1 Å². The minimum absolute atomic E-state index is 0.559. The Labute approximate surface area is 125 Å². The second kappa shape index (κ2) is 6.22. The van der Waals surface area contributed by atoms with E-state index in [0.717, 1.165) is 25.6 Å². The first-order valence-corrected chi connectivity index (χ1v) is 7.42. The number of hydrogen-bond acceptors (Lipinski definition) is 5. The van der Waals surface area contributed by atoms with Crippen LogP contribution in [0.5, 0.6) is 0 Å². The molecular weight excluding hydrogens is 264 g/mol. The highest BCUT2D eigenvalue weighted by Gasteiger charge is 2.22. The fourth-order valence-electron chi connectivity index (χ4n) is 2.87. The summed E-state index contributed by atoms with van der Waals surface area (Å²) in [6.45, 7) is 3.12. The van der Waals surface area contributed by atoms with Crippen LogP contribution in [0.2, 0.25) is 0 Å². The van der Waals surface area contributed by atoms with E-state index >= 15 is 0 Å². The number of hydrogen-bond donors (Lipinski definition) is 1. The maximum atomic E-state index is 4.38. The molecule has 1 aliphatic rings. The Hall–Kier alpha value is -1.95. The third-order valence-corrected chi connectivity index (χ3v) is 3.97. The molecule has 0 aromatic carbocycles. The molecule has 1 N–H and O–H groups in total. The van der Waals surface area contributed by atoms with Gasteiger partial charge >= 0.3 is 0 Å². The van der Waals surface area contributed by atoms with Gasteiger partial charge in [-0.05, 0) is 25.5 Å². The predicted octanol–water partition coefficient (Wildman–Crippen LogP) is 1.65. The lowest BCUT2D eigenvalue weighted by Gasteiger charge is -2.32. The summed E-state index contributed by atoms with van der Waals surface area (Å²) < 4.78 is 0. The molecule has 2 aromatic heterocycles. The van der Waals surface area contributed by atoms with E-state index in [4.69, 9.17) is 0 Å². The Bertz CT molecular complexity index is 548. The highest BCUT2D eigenvalue weighted by molar-refractivity contribution is 5.26. The Morgan fingerprint density at radius 3 is 2.81 bits per heavy atom. The summed E-state index contributed by atoms with van der Waals surface area (Å²) in [5, 5.41) is 7.17. The Morgan fingerprint density at radius 2 is 2.14 bits per heavy atom. The summed E-state index contributed by atoms with van der Waals surface area (Å²) in [6.07, 6.45) is 8.15. The molecule has 1 aliphatic heterocycles. The van der Waals surface area contributed by atoms with E-state index in [1.54, 1.807) is 0 Å². The van der Waals surface area contributed by atoms with Crippen LogP contribution in [-0.2, 0) is 6.54 Å². The van der Waals surface area contributed by atoms with E-state index in [-0.39, 0.29) is 0 Å². The molecule has 6 nitrogen and oxygen atoms in total. The van der Waals surface area contributed by atoms with Crippen LogP contribution in [0.4, 0.5) is 5.95 Å². The summed E-state index contributed by atoms with van der Waals surface area (Å²) in [5.74, 6) is 1.32. The van der Waals surface area contributed by atoms with E-state index in [1.807, 2.05) is 37.6 Å². The van der Waals surface area contributed by atoms with Crippen molar-refractivity contribution in [3.05, 3.63) is 35.9 Å². The average molecular weight is 286 g/mol. The van der Waals surface area contributed by atoms with Crippen LogP contribution in [0.25, 0.3) is 0 Å². The van der Waals surface area contributed by atoms with Crippen LogP contribution in [0.1, 0.15) is 30.0 Å². The van der Waals surface area contributed by atoms with Crippen molar-refractivity contribution in [2.24, 2.45) is 0 Å². The zero-order valence-electron chi connectivity index (χ0n) is 12.7. The minimum Gasteiger partial charge on any atom is -0.347 e. The molecule has 6 heteroatoms. The van der Waals surface area contributed by atoms with E-state index in [9.17, 15) is 0 Å². The standard InChI is InChI=1S/C15H22N6/c1-20(2)15-16-8-12(9-17-15)10-21-7-3-4-13(11-21)14-5-6-18-19-14/h5-6,8-9,13H,3-4,7,10-11H2,1-2H3,(H,18,19)/t13-/m0/s1. The number of nitrogens with one attached hydrogen (secondary N) is 1. The van der Waals surface area contributed by atoms with Gasteiger partial charge in [0.25, 0.3) is 0 Å². The lowest BCUT2D eigenvalue weighted by Crippen LogP contribution is -2.34. The minimum atomic E-state index is 0.559. The fraction of sp³-hybridized carbons (Fsp3) is 0.533. The average Bonchev–Trinajstić information content (AvgIpc) is 3.02. The Balaban J connectivity index is 1.62. The first-order chi connectivity index (χ1) is 10.2. The number of aromatic amines is 1. The van der Waals surface area contributed by atoms with Gasteiger partial charge in [-0.3, -0.25) is 10.00 Å². The second-order valence-electron chi connectivity index (χ2n) is 5.87. The van der Waals surface area contributed by atoms with Gasteiger partial charge in [-0.1, -0.05) is 0 Å². The topological polar surface area (TPSA) is 60.9 Å². The summed E-state index contributed by atoms with van der Waals surface area (Å²) in [7, 11) is 3.91. The second-order valence-corrected chi connectivity index (χ2v) is 5.87. The molecule has 112 valence electrons. The smallest absolute Gasteiger partial charge is 0.224 e. The predicted molar refractivity (Wildman–Crippen MR) is 82.2 cm³/mol. The third-order valence-electron chi connectivity index (χ3n) is 3.97. The first-order valence-electron chi connectivity index (χ1n) is 7.42. The number of anilines is 1. The molecular formula is C15H22N6. The Morgan fingerprint density at radius 1 is 1.33 bits per heavy atom. The number of likely N-dealkylation sites (tertiary alicyclic amines) is 1. The van der Waals surface area contributed by atoms with Gasteiger partial charge in [0.2, 0.25) is 5.95 Å². The molecule has 0 radical (unpaired) electrons. The van der Waals surface area contributed by atoms with Crippen LogP contribution in [0, 0.1) is 0 Å². The molecule has 1 saturated heterocycles. The maximum absolute atomic E-state index is 4.38. The Kier molecular flexibility index (Phi) is 4.15. The quantitative estimate of drug-likeness (QED) is 0.926. The van der Waals surface area contributed by atoms with Crippen molar-refractivity contribution in [2.75, 3.05) is 32.1 Å². The number of aromatic nitrogens is 4. The monoisotopic (exact) mass is 286 g/mol. The van der Waals surface area contributed by atoms with Gasteiger partial charge in [-0.15, -0.1) is 0 Å². The fourth-order valence-corrected chi connectivity index (χ4v) is 2.87. The van der Waals surface area contributed by atoms with Crippen LogP contribution in [0.3, 0.4) is 0 Å². The third kappa shape index (κ3) is 3.39. The number of piperidine rings is 1. The molecule has 3 heterocycles. The summed E-state index contributed by atoms with van der Waals surface area (Å²) in [4.78, 5) is 13.2. The van der Waals surface area contributed by atoms with Crippen molar-refractivity contribution >= 4 is 5.95 Å². The lowest BCUT2D eigenvalue weighted by atomic mass is 9.95. The van der Waals surface area contributed by atoms with Crippen molar-refractivity contribution in [1.29, 1.82) is 0 Å².